The maximum atomic E-state index is 12.4. The van der Waals surface area contributed by atoms with Crippen molar-refractivity contribution in [1.82, 2.24) is 4.57 Å². The predicted molar refractivity (Wildman–Crippen MR) is 107 cm³/mol. The zero-order valence-electron chi connectivity index (χ0n) is 14.7. The van der Waals surface area contributed by atoms with Crippen molar-refractivity contribution in [3.63, 3.8) is 0 Å². The van der Waals surface area contributed by atoms with Gasteiger partial charge in [-0.15, -0.1) is 16.8 Å². The lowest BCUT2D eigenvalue weighted by atomic mass is 10.2. The fraction of sp³-hybridized carbons (Fsp3) is 0.150. The van der Waals surface area contributed by atoms with Gasteiger partial charge >= 0.3 is 5.91 Å². The fourth-order valence-electron chi connectivity index (χ4n) is 3.01. The molecule has 0 saturated heterocycles. The Balaban J connectivity index is 1.64. The van der Waals surface area contributed by atoms with Crippen LogP contribution in [0.1, 0.15) is 0 Å². The summed E-state index contributed by atoms with van der Waals surface area (Å²) in [5.41, 5.74) is 0.969. The Morgan fingerprint density at radius 1 is 1.32 bits per heavy atom. The highest BCUT2D eigenvalue weighted by Crippen LogP contribution is 2.40. The lowest BCUT2D eigenvalue weighted by Crippen LogP contribution is -2.35. The molecule has 0 bridgehead atoms. The number of allylic oxidation sites excluding steroid dienone is 1. The number of para-hydroxylation sites is 2. The second kappa shape index (κ2) is 7.47. The highest BCUT2D eigenvalue weighted by atomic mass is 79.9. The van der Waals surface area contributed by atoms with Gasteiger partial charge in [0.25, 0.3) is 0 Å². The van der Waals surface area contributed by atoms with Crippen LogP contribution >= 0.6 is 15.9 Å². The van der Waals surface area contributed by atoms with Crippen molar-refractivity contribution in [3.8, 4) is 17.4 Å². The van der Waals surface area contributed by atoms with E-state index < -0.39 is 12.0 Å². The van der Waals surface area contributed by atoms with Crippen molar-refractivity contribution < 1.29 is 19.4 Å². The van der Waals surface area contributed by atoms with Gasteiger partial charge in [-0.1, -0.05) is 34.1 Å². The molecule has 1 aliphatic rings. The predicted octanol–water partition coefficient (Wildman–Crippen LogP) is 4.75. The average Bonchev–Trinajstić information content (AvgIpc) is 2.96. The minimum absolute atomic E-state index is 0.0463. The Hall–Kier alpha value is -3.13. The number of hydrogen-bond donors (Lipinski definition) is 1. The number of aromatic hydroxyl groups is 1. The van der Waals surface area contributed by atoms with Crippen molar-refractivity contribution in [2.45, 2.75) is 12.6 Å². The molecule has 8 heteroatoms. The highest BCUT2D eigenvalue weighted by molar-refractivity contribution is 9.10. The first kappa shape index (κ1) is 18.2. The van der Waals surface area contributed by atoms with E-state index in [0.29, 0.717) is 23.4 Å². The van der Waals surface area contributed by atoms with Crippen LogP contribution in [-0.2, 0) is 11.3 Å². The van der Waals surface area contributed by atoms with Crippen LogP contribution in [-0.4, -0.2) is 28.3 Å². The van der Waals surface area contributed by atoms with Gasteiger partial charge in [0.15, 0.2) is 17.2 Å². The van der Waals surface area contributed by atoms with E-state index >= 15 is 0 Å². The van der Waals surface area contributed by atoms with Crippen LogP contribution in [0.4, 0.5) is 5.69 Å². The quantitative estimate of drug-likeness (QED) is 0.467. The van der Waals surface area contributed by atoms with E-state index in [-0.39, 0.29) is 18.2 Å². The van der Waals surface area contributed by atoms with Crippen LogP contribution in [0.3, 0.4) is 0 Å². The molecule has 28 heavy (non-hydrogen) atoms. The summed E-state index contributed by atoms with van der Waals surface area (Å²) in [6, 6.07) is 12.6. The summed E-state index contributed by atoms with van der Waals surface area (Å²) >= 11 is 3.41. The summed E-state index contributed by atoms with van der Waals surface area (Å²) in [7, 11) is 0. The van der Waals surface area contributed by atoms with Crippen LogP contribution in [0.15, 0.2) is 69.8 Å². The number of aromatic nitrogens is 1. The molecule has 2 heterocycles. The number of rotatable bonds is 4. The first-order valence-electron chi connectivity index (χ1n) is 8.54. The third kappa shape index (κ3) is 3.27. The lowest BCUT2D eigenvalue weighted by Gasteiger charge is -2.23. The molecule has 4 rings (SSSR count). The van der Waals surface area contributed by atoms with Gasteiger partial charge in [0, 0.05) is 16.4 Å². The Kier molecular flexibility index (Phi) is 4.87. The Labute approximate surface area is 169 Å². The van der Waals surface area contributed by atoms with Crippen LogP contribution in [0, 0.1) is 0 Å². The number of amides is 1. The summed E-state index contributed by atoms with van der Waals surface area (Å²) < 4.78 is 13.6. The van der Waals surface area contributed by atoms with Gasteiger partial charge in [0.1, 0.15) is 6.61 Å². The normalized spacial score (nSPS) is 15.8. The Bertz CT molecular complexity index is 1110. The fourth-order valence-corrected chi connectivity index (χ4v) is 3.37. The number of carbonyl (C=O) groups excluding carboxylic acids is 1. The average molecular weight is 442 g/mol. The van der Waals surface area contributed by atoms with Gasteiger partial charge in [-0.2, -0.15) is 0 Å². The first-order valence-corrected chi connectivity index (χ1v) is 9.33. The number of fused-ring (bicyclic) bond motifs is 2. The van der Waals surface area contributed by atoms with E-state index in [1.54, 1.807) is 28.8 Å². The van der Waals surface area contributed by atoms with Gasteiger partial charge in [-0.25, -0.2) is 0 Å². The maximum absolute atomic E-state index is 12.4. The van der Waals surface area contributed by atoms with Crippen molar-refractivity contribution >= 4 is 38.4 Å². The largest absolute Gasteiger partial charge is 0.493 e. The summed E-state index contributed by atoms with van der Waals surface area (Å²) in [6.45, 7) is 4.14. The van der Waals surface area contributed by atoms with Gasteiger partial charge < -0.3 is 19.1 Å². The molecular formula is C20H16BrN3O4. The molecule has 0 fully saturated rings. The van der Waals surface area contributed by atoms with E-state index in [1.807, 2.05) is 24.3 Å². The summed E-state index contributed by atoms with van der Waals surface area (Å²) in [6.07, 6.45) is 0.770. The number of halogens is 1. The van der Waals surface area contributed by atoms with E-state index in [9.17, 15) is 9.90 Å². The standard InChI is InChI=1S/C20H16BrN3O4/c1-2-9-24-14-8-7-12(21)10-13(14)18(20(24)26)22-23-19(25)17-11-27-15-5-3-4-6-16(15)28-17/h2-8,10,17,26H,1,9,11H2/t17-/m1/s1. The van der Waals surface area contributed by atoms with E-state index in [2.05, 4.69) is 32.7 Å². The smallest absolute Gasteiger partial charge is 0.308 e. The van der Waals surface area contributed by atoms with Crippen LogP contribution in [0.5, 0.6) is 17.4 Å². The topological polar surface area (TPSA) is 85.4 Å². The van der Waals surface area contributed by atoms with Crippen LogP contribution < -0.4 is 9.47 Å². The van der Waals surface area contributed by atoms with E-state index in [4.69, 9.17) is 9.47 Å². The SMILES string of the molecule is C=CCn1c(O)c(N=NC(=O)[C@H]2COc3ccccc3O2)c2cc(Br)ccc21. The van der Waals surface area contributed by atoms with Gasteiger partial charge in [-0.05, 0) is 30.3 Å². The van der Waals surface area contributed by atoms with E-state index in [0.717, 1.165) is 9.99 Å². The summed E-state index contributed by atoms with van der Waals surface area (Å²) in [5, 5.41) is 19.0. The van der Waals surface area contributed by atoms with E-state index in [1.165, 1.54) is 0 Å². The van der Waals surface area contributed by atoms with Crippen molar-refractivity contribution in [3.05, 3.63) is 59.6 Å². The summed E-state index contributed by atoms with van der Waals surface area (Å²) in [5.74, 6) is 0.388. The third-order valence-corrected chi connectivity index (χ3v) is 4.81. The van der Waals surface area contributed by atoms with Crippen LogP contribution in [0.25, 0.3) is 10.9 Å². The number of nitrogens with zero attached hydrogens (tertiary/aromatic N) is 3. The van der Waals surface area contributed by atoms with Crippen LogP contribution in [0.2, 0.25) is 0 Å². The molecule has 1 atom stereocenters. The molecule has 1 aliphatic heterocycles. The third-order valence-electron chi connectivity index (χ3n) is 4.32. The van der Waals surface area contributed by atoms with Crippen molar-refractivity contribution in [2.75, 3.05) is 6.61 Å². The molecule has 0 unspecified atom stereocenters. The number of ether oxygens (including phenoxy) is 2. The molecule has 0 spiro atoms. The summed E-state index contributed by atoms with van der Waals surface area (Å²) in [4.78, 5) is 12.4. The second-order valence-electron chi connectivity index (χ2n) is 6.14. The monoisotopic (exact) mass is 441 g/mol. The van der Waals surface area contributed by atoms with Gasteiger partial charge in [0.05, 0.1) is 5.52 Å². The number of benzene rings is 2. The maximum Gasteiger partial charge on any atom is 0.308 e. The zero-order chi connectivity index (χ0) is 19.7. The minimum Gasteiger partial charge on any atom is -0.493 e. The molecule has 0 radical (unpaired) electrons. The van der Waals surface area contributed by atoms with Gasteiger partial charge in [0.2, 0.25) is 12.0 Å². The number of hydrogen-bond acceptors (Lipinski definition) is 5. The second-order valence-corrected chi connectivity index (χ2v) is 7.05. The lowest BCUT2D eigenvalue weighted by molar-refractivity contribution is -0.127. The minimum atomic E-state index is -0.894. The molecule has 7 nitrogen and oxygen atoms in total. The molecule has 0 saturated carbocycles. The molecule has 2 aromatic carbocycles. The Morgan fingerprint density at radius 2 is 2.11 bits per heavy atom. The molecule has 3 aromatic rings. The highest BCUT2D eigenvalue weighted by Gasteiger charge is 2.27. The molecular weight excluding hydrogens is 426 g/mol. The molecule has 1 amide bonds. The molecule has 1 N–H and O–H groups in total. The molecule has 142 valence electrons. The number of carbonyl (C=O) groups is 1. The van der Waals surface area contributed by atoms with Gasteiger partial charge in [-0.3, -0.25) is 4.79 Å². The molecule has 1 aromatic heterocycles. The Morgan fingerprint density at radius 3 is 2.89 bits per heavy atom. The zero-order valence-corrected chi connectivity index (χ0v) is 16.3. The number of azo groups is 1. The van der Waals surface area contributed by atoms with Crippen molar-refractivity contribution in [1.29, 1.82) is 0 Å². The van der Waals surface area contributed by atoms with Crippen molar-refractivity contribution in [2.24, 2.45) is 10.2 Å². The first-order chi connectivity index (χ1) is 13.6. The molecule has 0 aliphatic carbocycles.